The minimum absolute atomic E-state index is 0.728. The highest BCUT2D eigenvalue weighted by Gasteiger charge is 2.26. The van der Waals surface area contributed by atoms with Gasteiger partial charge in [0.05, 0.1) is 12.5 Å². The smallest absolute Gasteiger partial charge is 0.324 e. The van der Waals surface area contributed by atoms with Crippen LogP contribution < -0.4 is 10.9 Å². The van der Waals surface area contributed by atoms with Gasteiger partial charge in [-0.25, -0.2) is 10.9 Å². The highest BCUT2D eigenvalue weighted by molar-refractivity contribution is 5.80. The van der Waals surface area contributed by atoms with Gasteiger partial charge in [0.1, 0.15) is 12.1 Å². The standard InChI is InChI=1S/C8H14N2O7/c1-3(11)6(8(16)17)10-9-4(7(14)15)2-5(12)13/h3-4,6,9-11H,2H2,1H3,(H,12,13)(H,14,15)(H,16,17)/t3-,4+,6+/m1/s1. The van der Waals surface area contributed by atoms with Crippen molar-refractivity contribution < 1.29 is 34.8 Å². The first-order valence-corrected chi connectivity index (χ1v) is 4.62. The lowest BCUT2D eigenvalue weighted by molar-refractivity contribution is -0.147. The first-order valence-electron chi connectivity index (χ1n) is 4.62. The van der Waals surface area contributed by atoms with E-state index < -0.39 is 42.5 Å². The molecule has 98 valence electrons. The molecular weight excluding hydrogens is 236 g/mol. The molecule has 0 fully saturated rings. The average molecular weight is 250 g/mol. The Balaban J connectivity index is 4.42. The van der Waals surface area contributed by atoms with E-state index in [0.29, 0.717) is 0 Å². The minimum Gasteiger partial charge on any atom is -0.481 e. The van der Waals surface area contributed by atoms with Gasteiger partial charge in [0, 0.05) is 0 Å². The van der Waals surface area contributed by atoms with Crippen LogP contribution in [-0.2, 0) is 14.4 Å². The molecule has 0 saturated carbocycles. The predicted octanol–water partition coefficient (Wildman–Crippen LogP) is -2.16. The highest BCUT2D eigenvalue weighted by Crippen LogP contribution is 1.95. The maximum atomic E-state index is 10.6. The maximum absolute atomic E-state index is 10.6. The average Bonchev–Trinajstić information content (AvgIpc) is 2.14. The number of nitrogens with one attached hydrogen (secondary N) is 2. The number of hydrogen-bond donors (Lipinski definition) is 6. The second-order valence-electron chi connectivity index (χ2n) is 3.33. The van der Waals surface area contributed by atoms with Crippen molar-refractivity contribution in [2.75, 3.05) is 0 Å². The largest absolute Gasteiger partial charge is 0.481 e. The quantitative estimate of drug-likeness (QED) is 0.264. The first-order chi connectivity index (χ1) is 7.75. The first kappa shape index (κ1) is 15.3. The number of hydrazine groups is 1. The molecule has 0 heterocycles. The molecule has 9 nitrogen and oxygen atoms in total. The highest BCUT2D eigenvalue weighted by atomic mass is 16.4. The van der Waals surface area contributed by atoms with Gasteiger partial charge in [0.25, 0.3) is 0 Å². The van der Waals surface area contributed by atoms with Crippen molar-refractivity contribution in [3.63, 3.8) is 0 Å². The van der Waals surface area contributed by atoms with Crippen molar-refractivity contribution in [3.8, 4) is 0 Å². The molecule has 0 amide bonds. The zero-order chi connectivity index (χ0) is 13.6. The topological polar surface area (TPSA) is 156 Å². The molecule has 17 heavy (non-hydrogen) atoms. The second kappa shape index (κ2) is 6.78. The molecule has 0 bridgehead atoms. The Kier molecular flexibility index (Phi) is 6.10. The van der Waals surface area contributed by atoms with Crippen molar-refractivity contribution >= 4 is 17.9 Å². The third kappa shape index (κ3) is 5.80. The van der Waals surface area contributed by atoms with Gasteiger partial charge in [0.15, 0.2) is 0 Å². The van der Waals surface area contributed by atoms with Crippen LogP contribution in [0.2, 0.25) is 0 Å². The fourth-order valence-corrected chi connectivity index (χ4v) is 0.954. The maximum Gasteiger partial charge on any atom is 0.324 e. The summed E-state index contributed by atoms with van der Waals surface area (Å²) < 4.78 is 0. The molecule has 0 aromatic rings. The van der Waals surface area contributed by atoms with Crippen molar-refractivity contribution in [1.82, 2.24) is 10.9 Å². The molecule has 0 rings (SSSR count). The summed E-state index contributed by atoms with van der Waals surface area (Å²) in [5.41, 5.74) is 4.10. The summed E-state index contributed by atoms with van der Waals surface area (Å²) in [5.74, 6) is -4.20. The van der Waals surface area contributed by atoms with E-state index in [4.69, 9.17) is 20.4 Å². The summed E-state index contributed by atoms with van der Waals surface area (Å²) >= 11 is 0. The molecule has 0 aromatic carbocycles. The van der Waals surface area contributed by atoms with Gasteiger partial charge in [-0.15, -0.1) is 0 Å². The number of hydrogen-bond acceptors (Lipinski definition) is 6. The number of aliphatic hydroxyl groups is 1. The molecule has 0 aliphatic carbocycles. The van der Waals surface area contributed by atoms with E-state index in [0.717, 1.165) is 0 Å². The van der Waals surface area contributed by atoms with E-state index in [1.807, 2.05) is 5.43 Å². The number of carbonyl (C=O) groups is 3. The van der Waals surface area contributed by atoms with Crippen LogP contribution in [0.5, 0.6) is 0 Å². The Morgan fingerprint density at radius 1 is 1.06 bits per heavy atom. The second-order valence-corrected chi connectivity index (χ2v) is 3.33. The molecule has 0 spiro atoms. The number of carboxylic acids is 3. The Bertz CT molecular complexity index is 304. The van der Waals surface area contributed by atoms with E-state index in [9.17, 15) is 14.4 Å². The molecule has 3 atom stereocenters. The van der Waals surface area contributed by atoms with E-state index in [1.165, 1.54) is 6.92 Å². The van der Waals surface area contributed by atoms with Crippen LogP contribution in [0.4, 0.5) is 0 Å². The van der Waals surface area contributed by atoms with E-state index in [-0.39, 0.29) is 0 Å². The van der Waals surface area contributed by atoms with Gasteiger partial charge in [-0.2, -0.15) is 0 Å². The molecule has 0 unspecified atom stereocenters. The zero-order valence-electron chi connectivity index (χ0n) is 8.95. The lowest BCUT2D eigenvalue weighted by atomic mass is 10.2. The van der Waals surface area contributed by atoms with Crippen molar-refractivity contribution in [2.24, 2.45) is 0 Å². The lowest BCUT2D eigenvalue weighted by Crippen LogP contribution is -2.56. The molecule has 0 aliphatic rings. The van der Waals surface area contributed by atoms with Gasteiger partial charge in [-0.1, -0.05) is 0 Å². The van der Waals surface area contributed by atoms with Crippen LogP contribution in [0.15, 0.2) is 0 Å². The van der Waals surface area contributed by atoms with Gasteiger partial charge < -0.3 is 20.4 Å². The summed E-state index contributed by atoms with van der Waals surface area (Å²) in [6.45, 7) is 1.19. The summed E-state index contributed by atoms with van der Waals surface area (Å²) in [5, 5.41) is 34.8. The summed E-state index contributed by atoms with van der Waals surface area (Å²) in [6, 6.07) is -2.93. The van der Waals surface area contributed by atoms with Crippen LogP contribution >= 0.6 is 0 Å². The monoisotopic (exact) mass is 250 g/mol. The summed E-state index contributed by atoms with van der Waals surface area (Å²) in [6.07, 6.45) is -2.01. The van der Waals surface area contributed by atoms with E-state index >= 15 is 0 Å². The van der Waals surface area contributed by atoms with Gasteiger partial charge >= 0.3 is 17.9 Å². The van der Waals surface area contributed by atoms with Crippen molar-refractivity contribution in [3.05, 3.63) is 0 Å². The molecule has 0 saturated heterocycles. The Labute approximate surface area is 96.0 Å². The number of rotatable bonds is 8. The molecule has 0 radical (unpaired) electrons. The molecule has 9 heteroatoms. The summed E-state index contributed by atoms with van der Waals surface area (Å²) in [4.78, 5) is 31.6. The molecule has 0 aliphatic heterocycles. The van der Waals surface area contributed by atoms with Crippen LogP contribution in [0.3, 0.4) is 0 Å². The van der Waals surface area contributed by atoms with Crippen LogP contribution in [0.1, 0.15) is 13.3 Å². The normalized spacial score (nSPS) is 15.9. The van der Waals surface area contributed by atoms with Crippen LogP contribution in [-0.4, -0.2) is 56.5 Å². The molecular formula is C8H14N2O7. The van der Waals surface area contributed by atoms with Gasteiger partial charge in [-0.3, -0.25) is 14.4 Å². The Morgan fingerprint density at radius 2 is 1.59 bits per heavy atom. The Morgan fingerprint density at radius 3 is 1.88 bits per heavy atom. The van der Waals surface area contributed by atoms with Crippen LogP contribution in [0.25, 0.3) is 0 Å². The third-order valence-electron chi connectivity index (χ3n) is 1.84. The number of aliphatic hydroxyl groups excluding tert-OH is 1. The summed E-state index contributed by atoms with van der Waals surface area (Å²) in [7, 11) is 0. The van der Waals surface area contributed by atoms with Gasteiger partial charge in [0.2, 0.25) is 0 Å². The fraction of sp³-hybridized carbons (Fsp3) is 0.625. The van der Waals surface area contributed by atoms with Gasteiger partial charge in [-0.05, 0) is 6.92 Å². The fourth-order valence-electron chi connectivity index (χ4n) is 0.954. The SMILES string of the molecule is C[C@@H](O)[C@H](NN[C@@H](CC(=O)O)C(=O)O)C(=O)O. The van der Waals surface area contributed by atoms with Crippen LogP contribution in [0, 0.1) is 0 Å². The predicted molar refractivity (Wildman–Crippen MR) is 53.1 cm³/mol. The molecule has 6 N–H and O–H groups in total. The Hall–Kier alpha value is -1.71. The minimum atomic E-state index is -1.49. The van der Waals surface area contributed by atoms with E-state index in [1.54, 1.807) is 0 Å². The van der Waals surface area contributed by atoms with Crippen molar-refractivity contribution in [1.29, 1.82) is 0 Å². The number of carboxylic acid groups (broad SMARTS) is 3. The number of aliphatic carboxylic acids is 3. The molecule has 0 aromatic heterocycles. The third-order valence-corrected chi connectivity index (χ3v) is 1.84. The van der Waals surface area contributed by atoms with E-state index in [2.05, 4.69) is 5.43 Å². The lowest BCUT2D eigenvalue weighted by Gasteiger charge is -2.20. The van der Waals surface area contributed by atoms with Crippen molar-refractivity contribution in [2.45, 2.75) is 31.5 Å². The zero-order valence-corrected chi connectivity index (χ0v) is 8.95.